The maximum Gasteiger partial charge on any atom is 2.00 e. The second kappa shape index (κ2) is 17.6. The second-order valence-corrected chi connectivity index (χ2v) is 9.17. The maximum absolute atomic E-state index is 10.5. The third-order valence-electron chi connectivity index (χ3n) is 6.80. The second-order valence-electron chi connectivity index (χ2n) is 9.17. The van der Waals surface area contributed by atoms with Crippen LogP contribution in [0.15, 0.2) is 61.4 Å². The summed E-state index contributed by atoms with van der Waals surface area (Å²) in [5.41, 5.74) is 3.60. The monoisotopic (exact) mass is 534 g/mol. The third-order valence-corrected chi connectivity index (χ3v) is 6.80. The van der Waals surface area contributed by atoms with Crippen LogP contribution < -0.4 is 12.4 Å². The summed E-state index contributed by atoms with van der Waals surface area (Å²) < 4.78 is 3.74. The summed E-state index contributed by atoms with van der Waals surface area (Å²) in [5, 5.41) is 10.5. The standard InChI is InChI=1S/C14H18N2O.C8H6N2O.C6H11.CH4.ClH.Mg/c17-14(11-5-2-1-3-6-11)13-8-4-7-12-9-15-10-16(12)13;11-5-8-3-1-2-7-4-9-6-10(7)8;1-2-4-6-5-3-1;;;/h4,7-11,14,17H,1-3,5-6H2;1-6H;1H,2-6H2;1H4;1H;/q;;-1;;;+2/p-1. The molecule has 4 aromatic heterocycles. The molecule has 1 atom stereocenters. The van der Waals surface area contributed by atoms with E-state index < -0.39 is 0 Å². The predicted octanol–water partition coefficient (Wildman–Crippen LogP) is 3.51. The molecule has 6 rings (SSSR count). The minimum atomic E-state index is -0.354. The molecule has 37 heavy (non-hydrogen) atoms. The van der Waals surface area contributed by atoms with Crippen LogP contribution in [0.5, 0.6) is 0 Å². The van der Waals surface area contributed by atoms with Crippen LogP contribution in [0, 0.1) is 12.3 Å². The minimum absolute atomic E-state index is 0. The van der Waals surface area contributed by atoms with Crippen molar-refractivity contribution >= 4 is 40.4 Å². The number of aliphatic hydroxyl groups excluding tert-OH is 1. The van der Waals surface area contributed by atoms with Crippen LogP contribution in [0.1, 0.15) is 93.9 Å². The average molecular weight is 535 g/mol. The number of pyridine rings is 2. The number of carbonyl (C=O) groups excluding carboxylic acids is 1. The predicted molar refractivity (Wildman–Crippen MR) is 147 cm³/mol. The minimum Gasteiger partial charge on any atom is -1.00 e. The van der Waals surface area contributed by atoms with Crippen molar-refractivity contribution in [2.75, 3.05) is 0 Å². The topological polar surface area (TPSA) is 71.9 Å². The van der Waals surface area contributed by atoms with Crippen LogP contribution in [-0.4, -0.2) is 53.2 Å². The average Bonchev–Trinajstić information content (AvgIpc) is 3.60. The van der Waals surface area contributed by atoms with Gasteiger partial charge in [-0.25, -0.2) is 9.97 Å². The molecule has 0 amide bonds. The first-order valence-electron chi connectivity index (χ1n) is 12.5. The molecule has 0 radical (unpaired) electrons. The van der Waals surface area contributed by atoms with E-state index >= 15 is 0 Å². The van der Waals surface area contributed by atoms with Crippen molar-refractivity contribution in [3.05, 3.63) is 79.3 Å². The maximum atomic E-state index is 10.5. The molecule has 1 unspecified atom stereocenters. The fraction of sp³-hybridized carbons (Fsp3) is 0.448. The van der Waals surface area contributed by atoms with Gasteiger partial charge in [-0.1, -0.05) is 58.1 Å². The number of nitrogens with zero attached hydrogens (tertiary/aromatic N) is 4. The first-order chi connectivity index (χ1) is 16.8. The van der Waals surface area contributed by atoms with Gasteiger partial charge in [-0.05, 0) is 43.0 Å². The Balaban J connectivity index is 0.000000297. The van der Waals surface area contributed by atoms with E-state index in [9.17, 15) is 9.90 Å². The summed E-state index contributed by atoms with van der Waals surface area (Å²) >= 11 is 0. The van der Waals surface area contributed by atoms with E-state index in [1.807, 2.05) is 40.9 Å². The largest absolute Gasteiger partial charge is 2.00 e. The Bertz CT molecular complexity index is 1160. The van der Waals surface area contributed by atoms with Crippen molar-refractivity contribution in [2.45, 2.75) is 77.7 Å². The molecule has 8 heteroatoms. The molecule has 4 heterocycles. The number of hydrogen-bond acceptors (Lipinski definition) is 4. The van der Waals surface area contributed by atoms with Crippen molar-refractivity contribution in [3.8, 4) is 0 Å². The van der Waals surface area contributed by atoms with Crippen LogP contribution in [-0.2, 0) is 0 Å². The van der Waals surface area contributed by atoms with E-state index in [1.54, 1.807) is 29.3 Å². The zero-order chi connectivity index (χ0) is 23.6. The van der Waals surface area contributed by atoms with E-state index in [-0.39, 0.29) is 49.0 Å². The molecule has 0 spiro atoms. The van der Waals surface area contributed by atoms with Gasteiger partial charge >= 0.3 is 23.1 Å². The van der Waals surface area contributed by atoms with Crippen LogP contribution in [0.4, 0.5) is 0 Å². The van der Waals surface area contributed by atoms with Gasteiger partial charge in [0.1, 0.15) is 0 Å². The van der Waals surface area contributed by atoms with Gasteiger partial charge in [-0.2, -0.15) is 12.8 Å². The molecule has 0 aromatic carbocycles. The SMILES string of the molecule is C.O=Cc1cccc2cncn12.OC(c1cccc2cncn12)C1CCCCC1.[CH-]1CCCCC1.[Cl-].[Mg+2]. The van der Waals surface area contributed by atoms with Gasteiger partial charge < -0.3 is 28.3 Å². The molecule has 6 nitrogen and oxygen atoms in total. The Hall–Kier alpha value is -1.93. The van der Waals surface area contributed by atoms with E-state index in [2.05, 4.69) is 16.4 Å². The van der Waals surface area contributed by atoms with Gasteiger partial charge in [0.25, 0.3) is 0 Å². The zero-order valence-corrected chi connectivity index (χ0v) is 23.1. The number of halogens is 1. The Morgan fingerprint density at radius 2 is 1.43 bits per heavy atom. The fourth-order valence-electron chi connectivity index (χ4n) is 4.87. The molecule has 2 aliphatic rings. The molecule has 1 N–H and O–H groups in total. The quantitative estimate of drug-likeness (QED) is 0.248. The number of imidazole rings is 2. The molecule has 196 valence electrons. The first-order valence-corrected chi connectivity index (χ1v) is 12.5. The van der Waals surface area contributed by atoms with Crippen molar-refractivity contribution in [3.63, 3.8) is 0 Å². The van der Waals surface area contributed by atoms with Crippen LogP contribution in [0.2, 0.25) is 0 Å². The number of fused-ring (bicyclic) bond motifs is 2. The van der Waals surface area contributed by atoms with Gasteiger partial charge in [0.2, 0.25) is 0 Å². The molecular weight excluding hydrogens is 496 g/mol. The summed E-state index contributed by atoms with van der Waals surface area (Å²) in [7, 11) is 0. The molecule has 2 saturated carbocycles. The van der Waals surface area contributed by atoms with Gasteiger partial charge in [-0.3, -0.25) is 9.20 Å². The van der Waals surface area contributed by atoms with Crippen LogP contribution in [0.25, 0.3) is 11.0 Å². The van der Waals surface area contributed by atoms with Crippen molar-refractivity contribution < 1.29 is 22.3 Å². The number of hydrogen-bond donors (Lipinski definition) is 1. The van der Waals surface area contributed by atoms with Gasteiger partial charge in [0.05, 0.1) is 53.6 Å². The molecular formula is C29H39ClMgN4O2. The smallest absolute Gasteiger partial charge is 1.00 e. The summed E-state index contributed by atoms with van der Waals surface area (Å²) in [6, 6.07) is 11.5. The molecule has 4 aromatic rings. The third kappa shape index (κ3) is 9.09. The molecule has 0 saturated heterocycles. The summed E-state index contributed by atoms with van der Waals surface area (Å²) in [4.78, 5) is 18.5. The molecule has 2 fully saturated rings. The van der Waals surface area contributed by atoms with E-state index in [4.69, 9.17) is 0 Å². The summed E-state index contributed by atoms with van der Waals surface area (Å²) in [5.74, 6) is 0.414. The Labute approximate surface area is 243 Å². The fourth-order valence-corrected chi connectivity index (χ4v) is 4.87. The van der Waals surface area contributed by atoms with E-state index in [0.717, 1.165) is 35.9 Å². The number of aromatic nitrogens is 4. The zero-order valence-electron chi connectivity index (χ0n) is 20.9. The molecule has 0 aliphatic heterocycles. The van der Waals surface area contributed by atoms with Crippen molar-refractivity contribution in [1.29, 1.82) is 0 Å². The van der Waals surface area contributed by atoms with E-state index in [1.165, 1.54) is 51.4 Å². The summed E-state index contributed by atoms with van der Waals surface area (Å²) in [6.07, 6.45) is 23.0. The molecule has 2 aliphatic carbocycles. The van der Waals surface area contributed by atoms with Gasteiger partial charge in [-0.15, -0.1) is 0 Å². The number of rotatable bonds is 3. The Morgan fingerprint density at radius 1 is 0.865 bits per heavy atom. The number of carbonyl (C=O) groups is 1. The summed E-state index contributed by atoms with van der Waals surface area (Å²) in [6.45, 7) is 0. The normalized spacial score (nSPS) is 15.9. The van der Waals surface area contributed by atoms with E-state index in [0.29, 0.717) is 11.6 Å². The molecule has 0 bridgehead atoms. The number of aldehydes is 1. The first kappa shape index (κ1) is 33.1. The van der Waals surface area contributed by atoms with Crippen LogP contribution >= 0.6 is 0 Å². The van der Waals surface area contributed by atoms with Gasteiger partial charge in [0.15, 0.2) is 6.29 Å². The van der Waals surface area contributed by atoms with Crippen molar-refractivity contribution in [2.24, 2.45) is 5.92 Å². The van der Waals surface area contributed by atoms with Crippen molar-refractivity contribution in [1.82, 2.24) is 18.8 Å². The Morgan fingerprint density at radius 3 is 2.00 bits per heavy atom. The van der Waals surface area contributed by atoms with Crippen LogP contribution in [0.3, 0.4) is 0 Å². The Kier molecular flexibility index (Phi) is 15.7. The van der Waals surface area contributed by atoms with Gasteiger partial charge in [0, 0.05) is 0 Å². The number of aliphatic hydroxyl groups is 1.